The molecular formula is C23H30ClN5O2. The van der Waals surface area contributed by atoms with E-state index in [9.17, 15) is 0 Å². The van der Waals surface area contributed by atoms with E-state index in [0.29, 0.717) is 30.2 Å². The number of nitrogens with zero attached hydrogens (tertiary/aromatic N) is 4. The van der Waals surface area contributed by atoms with Crippen LogP contribution in [-0.2, 0) is 6.54 Å². The minimum atomic E-state index is 0. The van der Waals surface area contributed by atoms with Gasteiger partial charge >= 0.3 is 6.01 Å². The lowest BCUT2D eigenvalue weighted by Gasteiger charge is -2.17. The zero-order chi connectivity index (χ0) is 20.6. The van der Waals surface area contributed by atoms with Crippen molar-refractivity contribution < 1.29 is 9.47 Å². The fourth-order valence-electron chi connectivity index (χ4n) is 3.83. The number of aromatic nitrogens is 4. The lowest BCUT2D eigenvalue weighted by molar-refractivity contribution is 0.314. The average molecular weight is 444 g/mol. The molecule has 4 rings (SSSR count). The van der Waals surface area contributed by atoms with Gasteiger partial charge in [0, 0.05) is 12.6 Å². The van der Waals surface area contributed by atoms with Crippen LogP contribution in [-0.4, -0.2) is 32.9 Å². The Balaban J connectivity index is 0.00000272. The maximum atomic E-state index is 6.04. The van der Waals surface area contributed by atoms with Crippen molar-refractivity contribution in [2.24, 2.45) is 0 Å². The summed E-state index contributed by atoms with van der Waals surface area (Å²) in [6.45, 7) is 3.35. The summed E-state index contributed by atoms with van der Waals surface area (Å²) < 4.78 is 13.5. The summed E-state index contributed by atoms with van der Waals surface area (Å²) in [4.78, 5) is 0. The van der Waals surface area contributed by atoms with E-state index in [1.54, 1.807) is 4.68 Å². The number of nitrogens with one attached hydrogen (secondary N) is 1. The van der Waals surface area contributed by atoms with Crippen LogP contribution in [0.5, 0.6) is 17.5 Å². The van der Waals surface area contributed by atoms with E-state index in [-0.39, 0.29) is 12.4 Å². The number of halogens is 1. The van der Waals surface area contributed by atoms with Gasteiger partial charge in [0.2, 0.25) is 0 Å². The van der Waals surface area contributed by atoms with Crippen LogP contribution in [0.1, 0.15) is 51.0 Å². The molecule has 0 atom stereocenters. The summed E-state index contributed by atoms with van der Waals surface area (Å²) in [7, 11) is 0. The van der Waals surface area contributed by atoms with Crippen LogP contribution in [0.15, 0.2) is 48.5 Å². The van der Waals surface area contributed by atoms with Crippen LogP contribution in [0, 0.1) is 0 Å². The zero-order valence-electron chi connectivity index (χ0n) is 17.9. The first-order valence-corrected chi connectivity index (χ1v) is 10.8. The molecule has 0 unspecified atom stereocenters. The fourth-order valence-corrected chi connectivity index (χ4v) is 3.83. The number of rotatable bonds is 8. The van der Waals surface area contributed by atoms with E-state index < -0.39 is 0 Å². The zero-order valence-corrected chi connectivity index (χ0v) is 18.7. The highest BCUT2D eigenvalue weighted by atomic mass is 35.5. The molecule has 0 amide bonds. The van der Waals surface area contributed by atoms with Gasteiger partial charge in [-0.1, -0.05) is 55.0 Å². The van der Waals surface area contributed by atoms with Crippen molar-refractivity contribution >= 4 is 12.4 Å². The van der Waals surface area contributed by atoms with Gasteiger partial charge in [-0.05, 0) is 60.0 Å². The van der Waals surface area contributed by atoms with E-state index in [0.717, 1.165) is 12.2 Å². The first-order valence-electron chi connectivity index (χ1n) is 10.8. The van der Waals surface area contributed by atoms with Crippen molar-refractivity contribution in [2.45, 2.75) is 58.0 Å². The van der Waals surface area contributed by atoms with Crippen LogP contribution in [0.2, 0.25) is 0 Å². The second-order valence-electron chi connectivity index (χ2n) is 7.59. The van der Waals surface area contributed by atoms with E-state index in [1.165, 1.54) is 44.1 Å². The number of benzene rings is 2. The molecule has 2 aromatic carbocycles. The van der Waals surface area contributed by atoms with E-state index in [1.807, 2.05) is 49.4 Å². The third-order valence-electron chi connectivity index (χ3n) is 5.40. The molecule has 0 bridgehead atoms. The molecule has 0 radical (unpaired) electrons. The van der Waals surface area contributed by atoms with Crippen LogP contribution < -0.4 is 14.8 Å². The SMILES string of the molecule is CCOc1cc(CNC2CCCCCC2)ccc1Oc1nnnn1-c1ccccc1.Cl. The van der Waals surface area contributed by atoms with Crippen molar-refractivity contribution in [3.63, 3.8) is 0 Å². The predicted molar refractivity (Wildman–Crippen MR) is 122 cm³/mol. The van der Waals surface area contributed by atoms with Gasteiger partial charge in [0.15, 0.2) is 11.5 Å². The maximum Gasteiger partial charge on any atom is 0.346 e. The largest absolute Gasteiger partial charge is 0.490 e. The average Bonchev–Trinajstić information content (AvgIpc) is 3.08. The first-order chi connectivity index (χ1) is 14.8. The molecule has 0 saturated heterocycles. The summed E-state index contributed by atoms with van der Waals surface area (Å²) >= 11 is 0. The highest BCUT2D eigenvalue weighted by molar-refractivity contribution is 5.85. The van der Waals surface area contributed by atoms with Crippen molar-refractivity contribution in [1.29, 1.82) is 0 Å². The van der Waals surface area contributed by atoms with Gasteiger partial charge in [0.1, 0.15) is 0 Å². The molecule has 0 aliphatic heterocycles. The summed E-state index contributed by atoms with van der Waals surface area (Å²) in [6.07, 6.45) is 7.90. The lowest BCUT2D eigenvalue weighted by atomic mass is 10.1. The van der Waals surface area contributed by atoms with Crippen LogP contribution in [0.3, 0.4) is 0 Å². The minimum absolute atomic E-state index is 0. The number of hydrogen-bond donors (Lipinski definition) is 1. The van der Waals surface area contributed by atoms with Gasteiger partial charge in [-0.3, -0.25) is 0 Å². The molecule has 3 aromatic rings. The maximum absolute atomic E-state index is 6.04. The third kappa shape index (κ3) is 6.18. The van der Waals surface area contributed by atoms with Gasteiger partial charge in [0.25, 0.3) is 0 Å². The van der Waals surface area contributed by atoms with Crippen molar-refractivity contribution in [1.82, 2.24) is 25.5 Å². The third-order valence-corrected chi connectivity index (χ3v) is 5.40. The Morgan fingerprint density at radius 1 is 1.00 bits per heavy atom. The molecule has 1 saturated carbocycles. The Morgan fingerprint density at radius 2 is 1.77 bits per heavy atom. The second-order valence-corrected chi connectivity index (χ2v) is 7.59. The topological polar surface area (TPSA) is 74.1 Å². The van der Waals surface area contributed by atoms with Gasteiger partial charge in [-0.15, -0.1) is 12.4 Å². The molecule has 1 N–H and O–H groups in total. The highest BCUT2D eigenvalue weighted by Gasteiger charge is 2.16. The van der Waals surface area contributed by atoms with Crippen molar-refractivity contribution in [2.75, 3.05) is 6.61 Å². The van der Waals surface area contributed by atoms with Crippen molar-refractivity contribution in [3.8, 4) is 23.2 Å². The molecule has 31 heavy (non-hydrogen) atoms. The number of ether oxygens (including phenoxy) is 2. The molecule has 1 aromatic heterocycles. The van der Waals surface area contributed by atoms with Gasteiger partial charge in [-0.2, -0.15) is 4.68 Å². The molecule has 8 heteroatoms. The van der Waals surface area contributed by atoms with Crippen LogP contribution in [0.25, 0.3) is 5.69 Å². The molecular weight excluding hydrogens is 414 g/mol. The summed E-state index contributed by atoms with van der Waals surface area (Å²) in [5, 5.41) is 15.5. The Labute approximate surface area is 189 Å². The van der Waals surface area contributed by atoms with Gasteiger partial charge in [0.05, 0.1) is 12.3 Å². The van der Waals surface area contributed by atoms with Gasteiger partial charge in [-0.25, -0.2) is 0 Å². The quantitative estimate of drug-likeness (QED) is 0.489. The number of para-hydroxylation sites is 1. The Bertz CT molecular complexity index is 927. The predicted octanol–water partition coefficient (Wildman–Crippen LogP) is 5.09. The second kappa shape index (κ2) is 11.7. The highest BCUT2D eigenvalue weighted by Crippen LogP contribution is 2.32. The first kappa shape index (κ1) is 23.0. The standard InChI is InChI=1S/C23H29N5O2.ClH/c1-2-29-22-16-18(17-24-19-10-6-3-4-7-11-19)14-15-21(22)30-23-25-26-27-28(23)20-12-8-5-9-13-20;/h5,8-9,12-16,19,24H,2-4,6-7,10-11,17H2,1H3;1H. The molecule has 1 fully saturated rings. The molecule has 1 aliphatic rings. The smallest absolute Gasteiger partial charge is 0.346 e. The summed E-state index contributed by atoms with van der Waals surface area (Å²) in [6, 6.07) is 16.6. The summed E-state index contributed by atoms with van der Waals surface area (Å²) in [5.74, 6) is 1.29. The Hall–Kier alpha value is -2.64. The monoisotopic (exact) mass is 443 g/mol. The van der Waals surface area contributed by atoms with Crippen molar-refractivity contribution in [3.05, 3.63) is 54.1 Å². The van der Waals surface area contributed by atoms with Gasteiger partial charge < -0.3 is 14.8 Å². The molecule has 166 valence electrons. The van der Waals surface area contributed by atoms with E-state index in [2.05, 4.69) is 26.9 Å². The van der Waals surface area contributed by atoms with E-state index >= 15 is 0 Å². The molecule has 1 heterocycles. The van der Waals surface area contributed by atoms with Crippen LogP contribution >= 0.6 is 12.4 Å². The Morgan fingerprint density at radius 3 is 2.52 bits per heavy atom. The summed E-state index contributed by atoms with van der Waals surface area (Å²) in [5.41, 5.74) is 2.01. The normalized spacial score (nSPS) is 14.5. The number of tetrazole rings is 1. The van der Waals surface area contributed by atoms with E-state index in [4.69, 9.17) is 9.47 Å². The molecule has 7 nitrogen and oxygen atoms in total. The minimum Gasteiger partial charge on any atom is -0.490 e. The Kier molecular flexibility index (Phi) is 8.67. The molecule has 1 aliphatic carbocycles. The number of hydrogen-bond acceptors (Lipinski definition) is 6. The van der Waals surface area contributed by atoms with Crippen LogP contribution in [0.4, 0.5) is 0 Å². The molecule has 0 spiro atoms. The lowest BCUT2D eigenvalue weighted by Crippen LogP contribution is -2.27. The fraction of sp³-hybridized carbons (Fsp3) is 0.435.